The summed E-state index contributed by atoms with van der Waals surface area (Å²) in [4.78, 5) is 11.9. The van der Waals surface area contributed by atoms with Gasteiger partial charge in [-0.15, -0.1) is 0 Å². The summed E-state index contributed by atoms with van der Waals surface area (Å²) in [6, 6.07) is 7.98. The highest BCUT2D eigenvalue weighted by Crippen LogP contribution is 2.19. The molecule has 122 valence electrons. The van der Waals surface area contributed by atoms with E-state index in [0.717, 1.165) is 18.5 Å². The van der Waals surface area contributed by atoms with Gasteiger partial charge in [-0.25, -0.2) is 9.07 Å². The Morgan fingerprint density at radius 3 is 2.74 bits per heavy atom. The molecule has 1 aliphatic rings. The maximum Gasteiger partial charge on any atom is 0.235 e. The minimum atomic E-state index is -1.33. The molecular formula is C16H18FN3O2S. The molecule has 1 aliphatic carbocycles. The van der Waals surface area contributed by atoms with Crippen molar-refractivity contribution < 1.29 is 13.4 Å². The average molecular weight is 335 g/mol. The van der Waals surface area contributed by atoms with E-state index < -0.39 is 16.0 Å². The average Bonchev–Trinajstić information content (AvgIpc) is 3.23. The Morgan fingerprint density at radius 1 is 1.39 bits per heavy atom. The predicted molar refractivity (Wildman–Crippen MR) is 86.0 cm³/mol. The molecule has 0 unspecified atom stereocenters. The highest BCUT2D eigenvalue weighted by Gasteiger charge is 2.28. The molecular weight excluding hydrogens is 317 g/mol. The van der Waals surface area contributed by atoms with Crippen LogP contribution >= 0.6 is 0 Å². The van der Waals surface area contributed by atoms with Gasteiger partial charge in [0.1, 0.15) is 11.1 Å². The maximum absolute atomic E-state index is 12.9. The summed E-state index contributed by atoms with van der Waals surface area (Å²) < 4.78 is 26.8. The summed E-state index contributed by atoms with van der Waals surface area (Å²) in [5.74, 6) is -0.255. The van der Waals surface area contributed by atoms with Crippen molar-refractivity contribution in [1.82, 2.24) is 15.1 Å². The number of nitrogens with one attached hydrogen (secondary N) is 1. The molecule has 7 heteroatoms. The molecule has 1 saturated carbocycles. The molecule has 2 atom stereocenters. The summed E-state index contributed by atoms with van der Waals surface area (Å²) in [5.41, 5.74) is 1.36. The van der Waals surface area contributed by atoms with Crippen molar-refractivity contribution in [2.24, 2.45) is 0 Å². The Morgan fingerprint density at radius 2 is 2.09 bits per heavy atom. The van der Waals surface area contributed by atoms with Crippen LogP contribution in [0.2, 0.25) is 0 Å². The van der Waals surface area contributed by atoms with E-state index in [1.165, 1.54) is 12.1 Å². The van der Waals surface area contributed by atoms with Crippen molar-refractivity contribution in [3.63, 3.8) is 0 Å². The first-order chi connectivity index (χ1) is 11.0. The van der Waals surface area contributed by atoms with Gasteiger partial charge >= 0.3 is 0 Å². The fraction of sp³-hybridized carbons (Fsp3) is 0.375. The molecule has 1 heterocycles. The summed E-state index contributed by atoms with van der Waals surface area (Å²) in [5, 5.41) is 6.63. The Hall–Kier alpha value is -2.02. The molecule has 1 amide bonds. The predicted octanol–water partition coefficient (Wildman–Crippen LogP) is 1.93. The number of benzene rings is 1. The first kappa shape index (κ1) is 15.9. The lowest BCUT2D eigenvalue weighted by Gasteiger charge is -2.10. The molecule has 0 saturated heterocycles. The number of carbonyl (C=O) groups excluding carboxylic acids is 1. The molecule has 2 aromatic rings. The van der Waals surface area contributed by atoms with Crippen LogP contribution < -0.4 is 5.32 Å². The van der Waals surface area contributed by atoms with Crippen LogP contribution in [0.15, 0.2) is 36.5 Å². The van der Waals surface area contributed by atoms with Gasteiger partial charge in [-0.05, 0) is 50.1 Å². The van der Waals surface area contributed by atoms with Crippen molar-refractivity contribution in [3.8, 4) is 5.69 Å². The van der Waals surface area contributed by atoms with Gasteiger partial charge < -0.3 is 5.32 Å². The lowest BCUT2D eigenvalue weighted by molar-refractivity contribution is -0.120. The van der Waals surface area contributed by atoms with E-state index in [-0.39, 0.29) is 23.5 Å². The van der Waals surface area contributed by atoms with Crippen LogP contribution in [-0.4, -0.2) is 31.2 Å². The molecule has 0 bridgehead atoms. The second-order valence-electron chi connectivity index (χ2n) is 5.68. The van der Waals surface area contributed by atoms with Gasteiger partial charge in [0.15, 0.2) is 0 Å². The van der Waals surface area contributed by atoms with E-state index in [1.807, 2.05) is 0 Å². The Labute approximate surface area is 136 Å². The normalized spacial score (nSPS) is 16.8. The summed E-state index contributed by atoms with van der Waals surface area (Å²) in [7, 11) is -1.33. The molecule has 23 heavy (non-hydrogen) atoms. The van der Waals surface area contributed by atoms with Crippen LogP contribution in [0.4, 0.5) is 4.39 Å². The molecule has 3 rings (SSSR count). The number of rotatable bonds is 6. The van der Waals surface area contributed by atoms with Crippen LogP contribution in [0.5, 0.6) is 0 Å². The van der Waals surface area contributed by atoms with Gasteiger partial charge in [0.2, 0.25) is 5.91 Å². The first-order valence-electron chi connectivity index (χ1n) is 7.51. The zero-order valence-corrected chi connectivity index (χ0v) is 13.6. The van der Waals surface area contributed by atoms with E-state index in [0.29, 0.717) is 5.69 Å². The SMILES string of the molecule is C[C@@H](C(=O)NC1CC1)[S@@](=O)Cc1ccn(-c2ccc(F)cc2)n1. The van der Waals surface area contributed by atoms with Crippen LogP contribution in [0.3, 0.4) is 0 Å². The van der Waals surface area contributed by atoms with Gasteiger partial charge in [-0.2, -0.15) is 5.10 Å². The standard InChI is InChI=1S/C16H18FN3O2S/c1-11(16(21)18-13-4-5-13)23(22)10-14-8-9-20(19-14)15-6-2-12(17)3-7-15/h2-3,6-9,11,13H,4-5,10H2,1H3,(H,18,21)/t11-,23-/m0/s1. The highest BCUT2D eigenvalue weighted by molar-refractivity contribution is 7.85. The molecule has 1 fully saturated rings. The largest absolute Gasteiger partial charge is 0.352 e. The molecule has 1 N–H and O–H groups in total. The minimum absolute atomic E-state index is 0.163. The monoisotopic (exact) mass is 335 g/mol. The van der Waals surface area contributed by atoms with Crippen molar-refractivity contribution >= 4 is 16.7 Å². The molecule has 0 radical (unpaired) electrons. The van der Waals surface area contributed by atoms with Crippen LogP contribution in [0.1, 0.15) is 25.5 Å². The Kier molecular flexibility index (Phi) is 4.56. The third kappa shape index (κ3) is 4.04. The van der Waals surface area contributed by atoms with E-state index in [9.17, 15) is 13.4 Å². The third-order valence-corrected chi connectivity index (χ3v) is 5.30. The van der Waals surface area contributed by atoms with Gasteiger partial charge in [-0.1, -0.05) is 0 Å². The van der Waals surface area contributed by atoms with Crippen LogP contribution in [-0.2, 0) is 21.3 Å². The first-order valence-corrected chi connectivity index (χ1v) is 8.89. The Balaban J connectivity index is 1.62. The molecule has 0 aliphatic heterocycles. The van der Waals surface area contributed by atoms with E-state index >= 15 is 0 Å². The number of halogens is 1. The quantitative estimate of drug-likeness (QED) is 0.877. The number of nitrogens with zero attached hydrogens (tertiary/aromatic N) is 2. The Bertz CT molecular complexity index is 725. The zero-order chi connectivity index (χ0) is 16.4. The summed E-state index contributed by atoms with van der Waals surface area (Å²) in [6.45, 7) is 1.67. The fourth-order valence-corrected chi connectivity index (χ4v) is 3.11. The topological polar surface area (TPSA) is 64.0 Å². The number of amides is 1. The van der Waals surface area contributed by atoms with E-state index in [1.54, 1.807) is 36.0 Å². The van der Waals surface area contributed by atoms with E-state index in [4.69, 9.17) is 0 Å². The number of hydrogen-bond donors (Lipinski definition) is 1. The number of hydrogen-bond acceptors (Lipinski definition) is 3. The molecule has 5 nitrogen and oxygen atoms in total. The van der Waals surface area contributed by atoms with E-state index in [2.05, 4.69) is 10.4 Å². The third-order valence-electron chi connectivity index (χ3n) is 3.71. The number of aromatic nitrogens is 2. The van der Waals surface area contributed by atoms with Gasteiger partial charge in [0.25, 0.3) is 0 Å². The van der Waals surface area contributed by atoms with Crippen LogP contribution in [0, 0.1) is 5.82 Å². The fourth-order valence-electron chi connectivity index (χ4n) is 2.11. The van der Waals surface area contributed by atoms with Crippen molar-refractivity contribution in [3.05, 3.63) is 48.0 Å². The molecule has 1 aromatic heterocycles. The lowest BCUT2D eigenvalue weighted by atomic mass is 10.3. The minimum Gasteiger partial charge on any atom is -0.352 e. The molecule has 0 spiro atoms. The highest BCUT2D eigenvalue weighted by atomic mass is 32.2. The van der Waals surface area contributed by atoms with Crippen LogP contribution in [0.25, 0.3) is 5.69 Å². The lowest BCUT2D eigenvalue weighted by Crippen LogP contribution is -2.37. The van der Waals surface area contributed by atoms with Gasteiger partial charge in [0.05, 0.1) is 17.1 Å². The smallest absolute Gasteiger partial charge is 0.235 e. The van der Waals surface area contributed by atoms with Crippen molar-refractivity contribution in [1.29, 1.82) is 0 Å². The second kappa shape index (κ2) is 6.62. The summed E-state index contributed by atoms with van der Waals surface area (Å²) in [6.07, 6.45) is 3.75. The van der Waals surface area contributed by atoms with Crippen molar-refractivity contribution in [2.45, 2.75) is 36.8 Å². The van der Waals surface area contributed by atoms with Gasteiger partial charge in [-0.3, -0.25) is 9.00 Å². The van der Waals surface area contributed by atoms with Crippen molar-refractivity contribution in [2.75, 3.05) is 0 Å². The molecule has 1 aromatic carbocycles. The second-order valence-corrected chi connectivity index (χ2v) is 7.44. The number of carbonyl (C=O) groups is 1. The van der Waals surface area contributed by atoms with Gasteiger partial charge in [0, 0.05) is 23.0 Å². The zero-order valence-electron chi connectivity index (χ0n) is 12.7. The maximum atomic E-state index is 12.9. The summed E-state index contributed by atoms with van der Waals surface area (Å²) >= 11 is 0.